The summed E-state index contributed by atoms with van der Waals surface area (Å²) in [4.78, 5) is 0. The van der Waals surface area contributed by atoms with E-state index in [-0.39, 0.29) is 0 Å². The third-order valence-corrected chi connectivity index (χ3v) is 3.76. The number of rotatable bonds is 7. The first-order chi connectivity index (χ1) is 9.09. The summed E-state index contributed by atoms with van der Waals surface area (Å²) in [5, 5.41) is 10.6. The summed E-state index contributed by atoms with van der Waals surface area (Å²) >= 11 is 0. The van der Waals surface area contributed by atoms with Gasteiger partial charge in [0, 0.05) is 6.61 Å². The Labute approximate surface area is 115 Å². The van der Waals surface area contributed by atoms with Crippen molar-refractivity contribution in [2.75, 3.05) is 6.61 Å². The first-order valence-electron chi connectivity index (χ1n) is 7.17. The molecule has 0 radical (unpaired) electrons. The van der Waals surface area contributed by atoms with Crippen LogP contribution in [0.5, 0.6) is 5.75 Å². The molecule has 2 rings (SSSR count). The molecule has 1 aromatic carbocycles. The normalized spacial score (nSPS) is 19.8. The summed E-state index contributed by atoms with van der Waals surface area (Å²) in [6.07, 6.45) is 2.77. The minimum Gasteiger partial charge on any atom is -0.490 e. The van der Waals surface area contributed by atoms with E-state index in [2.05, 4.69) is 0 Å². The molecule has 106 valence electrons. The van der Waals surface area contributed by atoms with Gasteiger partial charge in [0.1, 0.15) is 11.9 Å². The molecule has 0 saturated heterocycles. The Morgan fingerprint density at radius 1 is 1.37 bits per heavy atom. The highest BCUT2D eigenvalue weighted by molar-refractivity contribution is 5.31. The first kappa shape index (κ1) is 14.4. The molecule has 0 bridgehead atoms. The van der Waals surface area contributed by atoms with Crippen molar-refractivity contribution >= 4 is 0 Å². The fraction of sp³-hybridized carbons (Fsp3) is 0.625. The Balaban J connectivity index is 2.14. The van der Waals surface area contributed by atoms with Crippen LogP contribution in [0.2, 0.25) is 0 Å². The lowest BCUT2D eigenvalue weighted by molar-refractivity contribution is -0.113. The maximum atomic E-state index is 10.6. The molecule has 2 atom stereocenters. The topological polar surface area (TPSA) is 38.7 Å². The molecule has 0 amide bonds. The smallest absolute Gasteiger partial charge is 0.120 e. The molecule has 0 spiro atoms. The second kappa shape index (κ2) is 5.93. The third kappa shape index (κ3) is 3.48. The lowest BCUT2D eigenvalue weighted by Gasteiger charge is -2.33. The van der Waals surface area contributed by atoms with E-state index in [0.717, 1.165) is 30.6 Å². The summed E-state index contributed by atoms with van der Waals surface area (Å²) in [5.74, 6) is 0.842. The lowest BCUT2D eigenvalue weighted by Crippen LogP contribution is -2.35. The molecule has 1 fully saturated rings. The molecule has 3 heteroatoms. The average Bonchev–Trinajstić information content (AvgIpc) is 3.22. The summed E-state index contributed by atoms with van der Waals surface area (Å²) in [6, 6.07) is 7.73. The summed E-state index contributed by atoms with van der Waals surface area (Å²) < 4.78 is 11.5. The van der Waals surface area contributed by atoms with Crippen LogP contribution in [0.4, 0.5) is 0 Å². The van der Waals surface area contributed by atoms with Crippen molar-refractivity contribution in [2.24, 2.45) is 0 Å². The Bertz CT molecular complexity index is 414. The Morgan fingerprint density at radius 2 is 2.11 bits per heavy atom. The molecule has 1 aliphatic carbocycles. The zero-order valence-electron chi connectivity index (χ0n) is 12.1. The van der Waals surface area contributed by atoms with Crippen molar-refractivity contribution in [3.8, 4) is 5.75 Å². The van der Waals surface area contributed by atoms with Gasteiger partial charge in [-0.25, -0.2) is 0 Å². The minimum atomic E-state index is -0.639. The van der Waals surface area contributed by atoms with Crippen molar-refractivity contribution in [3.63, 3.8) is 0 Å². The lowest BCUT2D eigenvalue weighted by atomic mass is 9.90. The van der Waals surface area contributed by atoms with Gasteiger partial charge in [0.25, 0.3) is 0 Å². The number of aliphatic hydroxyl groups excluding tert-OH is 1. The summed E-state index contributed by atoms with van der Waals surface area (Å²) in [5.41, 5.74) is 0.309. The number of aliphatic hydroxyl groups is 1. The molecule has 1 aliphatic rings. The van der Waals surface area contributed by atoms with Gasteiger partial charge in [-0.1, -0.05) is 19.1 Å². The SMILES string of the molecule is CCOC(C)(CC)C(O)c1cccc(OC2CC2)c1. The van der Waals surface area contributed by atoms with Crippen LogP contribution < -0.4 is 4.74 Å². The van der Waals surface area contributed by atoms with Gasteiger partial charge < -0.3 is 14.6 Å². The number of ether oxygens (including phenoxy) is 2. The average molecular weight is 264 g/mol. The van der Waals surface area contributed by atoms with E-state index in [1.165, 1.54) is 0 Å². The summed E-state index contributed by atoms with van der Waals surface area (Å²) in [6.45, 7) is 6.53. The van der Waals surface area contributed by atoms with Gasteiger partial charge in [-0.15, -0.1) is 0 Å². The maximum Gasteiger partial charge on any atom is 0.120 e. The molecular weight excluding hydrogens is 240 g/mol. The molecule has 1 aromatic rings. The van der Waals surface area contributed by atoms with Gasteiger partial charge in [-0.3, -0.25) is 0 Å². The van der Waals surface area contributed by atoms with E-state index in [9.17, 15) is 5.11 Å². The predicted molar refractivity (Wildman–Crippen MR) is 75.4 cm³/mol. The number of hydrogen-bond acceptors (Lipinski definition) is 3. The molecule has 0 aromatic heterocycles. The van der Waals surface area contributed by atoms with Gasteiger partial charge >= 0.3 is 0 Å². The van der Waals surface area contributed by atoms with Crippen LogP contribution in [0.1, 0.15) is 51.7 Å². The minimum absolute atomic E-state index is 0.372. The van der Waals surface area contributed by atoms with Crippen LogP contribution >= 0.6 is 0 Å². The van der Waals surface area contributed by atoms with Gasteiger partial charge in [0.2, 0.25) is 0 Å². The molecule has 19 heavy (non-hydrogen) atoms. The van der Waals surface area contributed by atoms with Gasteiger partial charge in [0.15, 0.2) is 0 Å². The van der Waals surface area contributed by atoms with E-state index >= 15 is 0 Å². The zero-order chi connectivity index (χ0) is 13.9. The molecule has 1 saturated carbocycles. The van der Waals surface area contributed by atoms with E-state index < -0.39 is 11.7 Å². The van der Waals surface area contributed by atoms with Crippen molar-refractivity contribution in [3.05, 3.63) is 29.8 Å². The predicted octanol–water partition coefficient (Wildman–Crippen LogP) is 3.47. The van der Waals surface area contributed by atoms with E-state index in [0.29, 0.717) is 12.7 Å². The van der Waals surface area contributed by atoms with Gasteiger partial charge in [-0.2, -0.15) is 0 Å². The van der Waals surface area contributed by atoms with E-state index in [1.54, 1.807) is 0 Å². The van der Waals surface area contributed by atoms with Crippen LogP contribution in [0.15, 0.2) is 24.3 Å². The van der Waals surface area contributed by atoms with Crippen molar-refractivity contribution in [1.29, 1.82) is 0 Å². The number of benzene rings is 1. The van der Waals surface area contributed by atoms with Crippen LogP contribution in [-0.4, -0.2) is 23.4 Å². The quantitative estimate of drug-likeness (QED) is 0.819. The second-order valence-electron chi connectivity index (χ2n) is 5.39. The molecular formula is C16H24O3. The second-order valence-corrected chi connectivity index (χ2v) is 5.39. The fourth-order valence-corrected chi connectivity index (χ4v) is 2.19. The fourth-order valence-electron chi connectivity index (χ4n) is 2.19. The van der Waals surface area contributed by atoms with E-state index in [1.807, 2.05) is 45.0 Å². The van der Waals surface area contributed by atoms with Crippen LogP contribution in [0.25, 0.3) is 0 Å². The molecule has 3 nitrogen and oxygen atoms in total. The molecule has 0 heterocycles. The Hall–Kier alpha value is -1.06. The van der Waals surface area contributed by atoms with Crippen molar-refractivity contribution in [1.82, 2.24) is 0 Å². The highest BCUT2D eigenvalue weighted by atomic mass is 16.5. The zero-order valence-corrected chi connectivity index (χ0v) is 12.1. The monoisotopic (exact) mass is 264 g/mol. The molecule has 0 aliphatic heterocycles. The number of hydrogen-bond donors (Lipinski definition) is 1. The van der Waals surface area contributed by atoms with Crippen LogP contribution in [0, 0.1) is 0 Å². The Kier molecular flexibility index (Phi) is 4.48. The van der Waals surface area contributed by atoms with Crippen molar-refractivity contribution in [2.45, 2.75) is 57.8 Å². The maximum absolute atomic E-state index is 10.6. The first-order valence-corrected chi connectivity index (χ1v) is 7.17. The van der Waals surface area contributed by atoms with Gasteiger partial charge in [0.05, 0.1) is 11.7 Å². The Morgan fingerprint density at radius 3 is 2.68 bits per heavy atom. The highest BCUT2D eigenvalue weighted by Gasteiger charge is 2.33. The van der Waals surface area contributed by atoms with Gasteiger partial charge in [-0.05, 0) is 50.8 Å². The standard InChI is InChI=1S/C16H24O3/c1-4-16(3,18-5-2)15(17)12-7-6-8-14(11-12)19-13-9-10-13/h6-8,11,13,15,17H,4-5,9-10H2,1-3H3. The largest absolute Gasteiger partial charge is 0.490 e. The van der Waals surface area contributed by atoms with Crippen LogP contribution in [-0.2, 0) is 4.74 Å². The summed E-state index contributed by atoms with van der Waals surface area (Å²) in [7, 11) is 0. The van der Waals surface area contributed by atoms with Crippen LogP contribution in [0.3, 0.4) is 0 Å². The van der Waals surface area contributed by atoms with Crippen molar-refractivity contribution < 1.29 is 14.6 Å². The molecule has 1 N–H and O–H groups in total. The highest BCUT2D eigenvalue weighted by Crippen LogP contribution is 2.34. The van der Waals surface area contributed by atoms with E-state index in [4.69, 9.17) is 9.47 Å². The third-order valence-electron chi connectivity index (χ3n) is 3.76. The molecule has 2 unspecified atom stereocenters.